The summed E-state index contributed by atoms with van der Waals surface area (Å²) in [5.41, 5.74) is 0.985. The predicted octanol–water partition coefficient (Wildman–Crippen LogP) is 5.06. The van der Waals surface area contributed by atoms with Crippen molar-refractivity contribution in [2.75, 3.05) is 21.3 Å². The molecule has 0 radical (unpaired) electrons. The largest absolute Gasteiger partial charge is 0.497 e. The molecule has 0 bridgehead atoms. The quantitative estimate of drug-likeness (QED) is 0.320. The van der Waals surface area contributed by atoms with Gasteiger partial charge in [-0.25, -0.2) is 4.39 Å². The van der Waals surface area contributed by atoms with Crippen LogP contribution in [-0.2, 0) is 16.7 Å². The molecule has 0 aliphatic carbocycles. The first-order valence-electron chi connectivity index (χ1n) is 11.5. The fraction of sp³-hybridized carbons (Fsp3) is 0.296. The maximum atomic E-state index is 13.6. The fourth-order valence-electron chi connectivity index (χ4n) is 3.63. The summed E-state index contributed by atoms with van der Waals surface area (Å²) in [7, 11) is 0.136. The third-order valence-electron chi connectivity index (χ3n) is 5.91. The Morgan fingerprint density at radius 2 is 1.57 bits per heavy atom. The SMILES string of the molecule is CC[C@@H](C)N(Cc1ccc(OC)c(OS(=O)(=O)c2ccc(F)cc2)c1)C(=O)c1ccc(OC)cc1OC. The van der Waals surface area contributed by atoms with Crippen LogP contribution in [0.5, 0.6) is 23.0 Å². The van der Waals surface area contributed by atoms with E-state index in [0.717, 1.165) is 24.3 Å². The summed E-state index contributed by atoms with van der Waals surface area (Å²) in [5.74, 6) is 0.244. The van der Waals surface area contributed by atoms with Crippen molar-refractivity contribution in [1.29, 1.82) is 0 Å². The van der Waals surface area contributed by atoms with E-state index >= 15 is 0 Å². The van der Waals surface area contributed by atoms with Crippen LogP contribution >= 0.6 is 0 Å². The number of methoxy groups -OCH3 is 3. The molecule has 0 saturated heterocycles. The van der Waals surface area contributed by atoms with Crippen LogP contribution < -0.4 is 18.4 Å². The van der Waals surface area contributed by atoms with Gasteiger partial charge in [-0.1, -0.05) is 13.0 Å². The Morgan fingerprint density at radius 1 is 0.892 bits per heavy atom. The van der Waals surface area contributed by atoms with Crippen molar-refractivity contribution in [2.45, 2.75) is 37.8 Å². The topological polar surface area (TPSA) is 91.4 Å². The summed E-state index contributed by atoms with van der Waals surface area (Å²) in [6, 6.07) is 13.9. The molecule has 0 spiro atoms. The number of rotatable bonds is 11. The Kier molecular flexibility index (Phi) is 8.99. The van der Waals surface area contributed by atoms with E-state index in [-0.39, 0.29) is 34.9 Å². The van der Waals surface area contributed by atoms with E-state index in [1.54, 1.807) is 35.2 Å². The van der Waals surface area contributed by atoms with E-state index < -0.39 is 15.9 Å². The van der Waals surface area contributed by atoms with Gasteiger partial charge in [-0.2, -0.15) is 8.42 Å². The zero-order valence-electron chi connectivity index (χ0n) is 21.4. The number of hydrogen-bond donors (Lipinski definition) is 0. The lowest BCUT2D eigenvalue weighted by molar-refractivity contribution is 0.0668. The maximum absolute atomic E-state index is 13.6. The summed E-state index contributed by atoms with van der Waals surface area (Å²) in [4.78, 5) is 15.1. The van der Waals surface area contributed by atoms with Gasteiger partial charge in [-0.3, -0.25) is 4.79 Å². The monoisotopic (exact) mass is 531 g/mol. The van der Waals surface area contributed by atoms with E-state index in [1.165, 1.54) is 27.4 Å². The molecule has 37 heavy (non-hydrogen) atoms. The number of nitrogens with zero attached hydrogens (tertiary/aromatic N) is 1. The lowest BCUT2D eigenvalue weighted by Crippen LogP contribution is -2.38. The minimum absolute atomic E-state index is 0.0529. The molecule has 0 unspecified atom stereocenters. The van der Waals surface area contributed by atoms with E-state index in [9.17, 15) is 17.6 Å². The molecule has 0 aromatic heterocycles. The van der Waals surface area contributed by atoms with Crippen molar-refractivity contribution in [3.05, 3.63) is 77.6 Å². The molecule has 198 valence electrons. The van der Waals surface area contributed by atoms with Crippen LogP contribution in [0, 0.1) is 5.82 Å². The summed E-state index contributed by atoms with van der Waals surface area (Å²) in [6.45, 7) is 4.06. The molecule has 0 N–H and O–H groups in total. The minimum atomic E-state index is -4.26. The molecule has 0 saturated carbocycles. The zero-order chi connectivity index (χ0) is 27.2. The Balaban J connectivity index is 1.95. The van der Waals surface area contributed by atoms with Gasteiger partial charge in [0, 0.05) is 18.7 Å². The van der Waals surface area contributed by atoms with E-state index in [2.05, 4.69) is 0 Å². The van der Waals surface area contributed by atoms with Gasteiger partial charge in [-0.05, 0) is 67.4 Å². The van der Waals surface area contributed by atoms with Gasteiger partial charge in [0.25, 0.3) is 5.91 Å². The van der Waals surface area contributed by atoms with Crippen LogP contribution in [0.4, 0.5) is 4.39 Å². The van der Waals surface area contributed by atoms with Crippen LogP contribution in [0.1, 0.15) is 36.2 Å². The van der Waals surface area contributed by atoms with Gasteiger partial charge >= 0.3 is 10.1 Å². The maximum Gasteiger partial charge on any atom is 0.339 e. The highest BCUT2D eigenvalue weighted by Crippen LogP contribution is 2.33. The number of amides is 1. The second-order valence-electron chi connectivity index (χ2n) is 8.23. The molecule has 0 aliphatic rings. The average Bonchev–Trinajstić information content (AvgIpc) is 2.90. The number of hydrogen-bond acceptors (Lipinski definition) is 7. The van der Waals surface area contributed by atoms with Crippen LogP contribution in [0.25, 0.3) is 0 Å². The number of ether oxygens (including phenoxy) is 3. The normalized spacial score (nSPS) is 11.9. The molecule has 1 atom stereocenters. The highest BCUT2D eigenvalue weighted by Gasteiger charge is 2.25. The van der Waals surface area contributed by atoms with Gasteiger partial charge in [0.05, 0.1) is 26.9 Å². The van der Waals surface area contributed by atoms with Crippen LogP contribution in [-0.4, -0.2) is 46.6 Å². The highest BCUT2D eigenvalue weighted by atomic mass is 32.2. The van der Waals surface area contributed by atoms with Gasteiger partial charge in [-0.15, -0.1) is 0 Å². The third-order valence-corrected chi connectivity index (χ3v) is 7.15. The van der Waals surface area contributed by atoms with Crippen molar-refractivity contribution in [3.8, 4) is 23.0 Å². The first kappa shape index (κ1) is 27.8. The smallest absolute Gasteiger partial charge is 0.339 e. The Bertz CT molecular complexity index is 1340. The second kappa shape index (κ2) is 12.0. The van der Waals surface area contributed by atoms with Crippen molar-refractivity contribution in [1.82, 2.24) is 4.90 Å². The Labute approximate surface area is 216 Å². The molecule has 0 heterocycles. The second-order valence-corrected chi connectivity index (χ2v) is 9.78. The molecule has 0 aliphatic heterocycles. The van der Waals surface area contributed by atoms with E-state index in [4.69, 9.17) is 18.4 Å². The molecule has 3 aromatic carbocycles. The molecule has 8 nitrogen and oxygen atoms in total. The summed E-state index contributed by atoms with van der Waals surface area (Å²) in [5, 5.41) is 0. The van der Waals surface area contributed by atoms with E-state index in [1.807, 2.05) is 13.8 Å². The van der Waals surface area contributed by atoms with Crippen LogP contribution in [0.2, 0.25) is 0 Å². The number of halogens is 1. The Morgan fingerprint density at radius 3 is 2.16 bits per heavy atom. The van der Waals surface area contributed by atoms with Crippen LogP contribution in [0.3, 0.4) is 0 Å². The molecule has 3 aromatic rings. The van der Waals surface area contributed by atoms with Crippen molar-refractivity contribution in [3.63, 3.8) is 0 Å². The Hall–Kier alpha value is -3.79. The van der Waals surface area contributed by atoms with Gasteiger partial charge in [0.15, 0.2) is 11.5 Å². The van der Waals surface area contributed by atoms with E-state index in [0.29, 0.717) is 29.0 Å². The molecule has 0 fully saturated rings. The first-order chi connectivity index (χ1) is 17.6. The van der Waals surface area contributed by atoms with Gasteiger partial charge in [0.2, 0.25) is 0 Å². The third kappa shape index (κ3) is 6.51. The first-order valence-corrected chi connectivity index (χ1v) is 12.9. The fourth-order valence-corrected chi connectivity index (χ4v) is 4.56. The zero-order valence-corrected chi connectivity index (χ0v) is 22.2. The standard InChI is InChI=1S/C27H30FNO7S/c1-6-18(2)29(27(30)23-13-10-21(33-3)16-25(23)35-5)17-19-7-14-24(34-4)26(15-19)36-37(31,32)22-11-8-20(28)9-12-22/h7-16,18H,6,17H2,1-5H3/t18-/m1/s1. The van der Waals surface area contributed by atoms with Crippen molar-refractivity contribution in [2.24, 2.45) is 0 Å². The minimum Gasteiger partial charge on any atom is -0.497 e. The summed E-state index contributed by atoms with van der Waals surface area (Å²) in [6.07, 6.45) is 0.683. The molecule has 1 amide bonds. The van der Waals surface area contributed by atoms with Crippen molar-refractivity contribution < 1.29 is 36.0 Å². The number of carbonyl (C=O) groups is 1. The summed E-state index contributed by atoms with van der Waals surface area (Å²) < 4.78 is 60.1. The number of carbonyl (C=O) groups excluding carboxylic acids is 1. The molecule has 3 rings (SSSR count). The average molecular weight is 532 g/mol. The predicted molar refractivity (Wildman–Crippen MR) is 136 cm³/mol. The molecule has 10 heteroatoms. The molecular weight excluding hydrogens is 501 g/mol. The lowest BCUT2D eigenvalue weighted by Gasteiger charge is -2.29. The van der Waals surface area contributed by atoms with Crippen molar-refractivity contribution >= 4 is 16.0 Å². The molecular formula is C27H30FNO7S. The summed E-state index contributed by atoms with van der Waals surface area (Å²) >= 11 is 0. The van der Waals surface area contributed by atoms with Gasteiger partial charge < -0.3 is 23.3 Å². The highest BCUT2D eigenvalue weighted by molar-refractivity contribution is 7.87. The number of benzene rings is 3. The van der Waals surface area contributed by atoms with Gasteiger partial charge in [0.1, 0.15) is 22.2 Å². The van der Waals surface area contributed by atoms with Crippen LogP contribution in [0.15, 0.2) is 65.6 Å². The lowest BCUT2D eigenvalue weighted by atomic mass is 10.1.